The first kappa shape index (κ1) is 10.4. The maximum Gasteiger partial charge on any atom is 0.417 e. The summed E-state index contributed by atoms with van der Waals surface area (Å²) in [7, 11) is 0. The molecule has 5 heteroatoms. The Morgan fingerprint density at radius 1 is 1.28 bits per heavy atom. The summed E-state index contributed by atoms with van der Waals surface area (Å²) in [5.74, 6) is -0.863. The van der Waals surface area contributed by atoms with Crippen molar-refractivity contribution in [3.8, 4) is 6.07 Å². The van der Waals surface area contributed by atoms with Gasteiger partial charge in [0, 0.05) is 12.4 Å². The van der Waals surface area contributed by atoms with Crippen LogP contribution in [0.5, 0.6) is 0 Å². The largest absolute Gasteiger partial charge is 0.417 e. The minimum absolute atomic E-state index is 0.374. The first-order valence-corrected chi connectivity index (χ1v) is 5.43. The molecule has 88 valence electrons. The molecule has 0 aliphatic carbocycles. The third-order valence-corrected chi connectivity index (χ3v) is 2.86. The zero-order valence-corrected chi connectivity index (χ0v) is 9.31. The summed E-state index contributed by atoms with van der Waals surface area (Å²) in [6, 6.07) is 9.37. The van der Waals surface area contributed by atoms with E-state index in [1.807, 2.05) is 12.1 Å². The van der Waals surface area contributed by atoms with Crippen molar-refractivity contribution < 1.29 is 4.42 Å². The number of hydrogen-bond donors (Lipinski definition) is 2. The SMILES string of the molecule is N#CC(c1cc[nH]c1)c1ccc2[nH]c(=O)oc2c1. The number of aromatic nitrogens is 2. The molecule has 0 aliphatic heterocycles. The summed E-state index contributed by atoms with van der Waals surface area (Å²) in [4.78, 5) is 16.6. The molecule has 0 bridgehead atoms. The summed E-state index contributed by atoms with van der Waals surface area (Å²) in [5, 5.41) is 9.26. The molecule has 1 unspecified atom stereocenters. The van der Waals surface area contributed by atoms with Crippen molar-refractivity contribution in [1.29, 1.82) is 5.26 Å². The molecule has 3 rings (SSSR count). The lowest BCUT2D eigenvalue weighted by Crippen LogP contribution is -1.96. The van der Waals surface area contributed by atoms with Crippen molar-refractivity contribution in [3.05, 3.63) is 58.3 Å². The van der Waals surface area contributed by atoms with Crippen molar-refractivity contribution in [2.24, 2.45) is 0 Å². The Labute approximate surface area is 102 Å². The second-order valence-electron chi connectivity index (χ2n) is 3.98. The average Bonchev–Trinajstić information content (AvgIpc) is 2.97. The van der Waals surface area contributed by atoms with Gasteiger partial charge in [-0.15, -0.1) is 0 Å². The van der Waals surface area contributed by atoms with Crippen molar-refractivity contribution in [2.75, 3.05) is 0 Å². The number of benzene rings is 1. The number of nitrogens with zero attached hydrogens (tertiary/aromatic N) is 1. The molecule has 3 aromatic rings. The van der Waals surface area contributed by atoms with Gasteiger partial charge in [0.2, 0.25) is 0 Å². The standard InChI is InChI=1S/C13H9N3O2/c14-6-10(9-3-4-15-7-9)8-1-2-11-12(5-8)18-13(17)16-11/h1-5,7,10,15H,(H,16,17). The number of nitriles is 1. The number of fused-ring (bicyclic) bond motifs is 1. The van der Waals surface area contributed by atoms with Crippen LogP contribution < -0.4 is 5.76 Å². The molecule has 0 amide bonds. The number of nitrogens with one attached hydrogen (secondary N) is 2. The molecule has 0 saturated carbocycles. The number of aromatic amines is 2. The van der Waals surface area contributed by atoms with Crippen molar-refractivity contribution in [2.45, 2.75) is 5.92 Å². The van der Waals surface area contributed by atoms with Crippen molar-refractivity contribution in [3.63, 3.8) is 0 Å². The molecule has 2 aromatic heterocycles. The van der Waals surface area contributed by atoms with Gasteiger partial charge in [0.1, 0.15) is 0 Å². The second kappa shape index (κ2) is 3.93. The van der Waals surface area contributed by atoms with E-state index in [1.165, 1.54) is 0 Å². The molecule has 18 heavy (non-hydrogen) atoms. The molecule has 5 nitrogen and oxygen atoms in total. The predicted molar refractivity (Wildman–Crippen MR) is 65.1 cm³/mol. The van der Waals surface area contributed by atoms with E-state index in [1.54, 1.807) is 24.5 Å². The van der Waals surface area contributed by atoms with Gasteiger partial charge < -0.3 is 9.40 Å². The quantitative estimate of drug-likeness (QED) is 0.718. The van der Waals surface area contributed by atoms with Gasteiger partial charge in [0.15, 0.2) is 5.58 Å². The fourth-order valence-electron chi connectivity index (χ4n) is 2.00. The van der Waals surface area contributed by atoms with Gasteiger partial charge >= 0.3 is 5.76 Å². The van der Waals surface area contributed by atoms with Crippen LogP contribution in [0.4, 0.5) is 0 Å². The molecule has 2 N–H and O–H groups in total. The molecule has 2 heterocycles. The Hall–Kier alpha value is -2.74. The van der Waals surface area contributed by atoms with E-state index < -0.39 is 5.76 Å². The van der Waals surface area contributed by atoms with Crippen LogP contribution >= 0.6 is 0 Å². The Morgan fingerprint density at radius 2 is 2.17 bits per heavy atom. The lowest BCUT2D eigenvalue weighted by Gasteiger charge is -2.06. The Kier molecular flexibility index (Phi) is 2.27. The highest BCUT2D eigenvalue weighted by Crippen LogP contribution is 2.25. The summed E-state index contributed by atoms with van der Waals surface area (Å²) >= 11 is 0. The van der Waals surface area contributed by atoms with E-state index in [0.717, 1.165) is 11.1 Å². The van der Waals surface area contributed by atoms with Crippen LogP contribution in [0.2, 0.25) is 0 Å². The van der Waals surface area contributed by atoms with Gasteiger partial charge in [-0.1, -0.05) is 6.07 Å². The van der Waals surface area contributed by atoms with Crippen LogP contribution in [0, 0.1) is 11.3 Å². The minimum atomic E-state index is -0.489. The number of oxazole rings is 1. The number of hydrogen-bond acceptors (Lipinski definition) is 3. The van der Waals surface area contributed by atoms with Gasteiger partial charge in [-0.3, -0.25) is 4.98 Å². The zero-order chi connectivity index (χ0) is 12.5. The molecule has 0 spiro atoms. The van der Waals surface area contributed by atoms with Gasteiger partial charge in [0.25, 0.3) is 0 Å². The fraction of sp³-hybridized carbons (Fsp3) is 0.0769. The lowest BCUT2D eigenvalue weighted by atomic mass is 9.94. The molecule has 1 atom stereocenters. The summed E-state index contributed by atoms with van der Waals surface area (Å²) in [6.07, 6.45) is 3.56. The molecular formula is C13H9N3O2. The van der Waals surface area contributed by atoms with Crippen molar-refractivity contribution >= 4 is 11.1 Å². The highest BCUT2D eigenvalue weighted by molar-refractivity contribution is 5.73. The maximum absolute atomic E-state index is 11.1. The fourth-order valence-corrected chi connectivity index (χ4v) is 2.00. The summed E-state index contributed by atoms with van der Waals surface area (Å²) in [5.41, 5.74) is 2.78. The van der Waals surface area contributed by atoms with Gasteiger partial charge in [-0.2, -0.15) is 5.26 Å². The van der Waals surface area contributed by atoms with Crippen LogP contribution in [0.3, 0.4) is 0 Å². The van der Waals surface area contributed by atoms with Crippen LogP contribution in [0.15, 0.2) is 45.9 Å². The van der Waals surface area contributed by atoms with Crippen LogP contribution in [0.1, 0.15) is 17.0 Å². The normalized spacial score (nSPS) is 12.4. The van der Waals surface area contributed by atoms with E-state index in [2.05, 4.69) is 16.0 Å². The molecule has 0 fully saturated rings. The first-order valence-electron chi connectivity index (χ1n) is 5.43. The summed E-state index contributed by atoms with van der Waals surface area (Å²) < 4.78 is 4.99. The molecular weight excluding hydrogens is 230 g/mol. The van der Waals surface area contributed by atoms with Gasteiger partial charge in [-0.05, 0) is 29.3 Å². The summed E-state index contributed by atoms with van der Waals surface area (Å²) in [6.45, 7) is 0. The molecule has 0 aliphatic rings. The molecule has 1 aromatic carbocycles. The van der Waals surface area contributed by atoms with Gasteiger partial charge in [0.05, 0.1) is 17.5 Å². The molecule has 0 radical (unpaired) electrons. The maximum atomic E-state index is 11.1. The zero-order valence-electron chi connectivity index (χ0n) is 9.31. The van der Waals surface area contributed by atoms with E-state index in [0.29, 0.717) is 11.1 Å². The van der Waals surface area contributed by atoms with Crippen LogP contribution in [-0.4, -0.2) is 9.97 Å². The second-order valence-corrected chi connectivity index (χ2v) is 3.98. The third kappa shape index (κ3) is 1.60. The Balaban J connectivity index is 2.13. The highest BCUT2D eigenvalue weighted by Gasteiger charge is 2.15. The number of H-pyrrole nitrogens is 2. The smallest absolute Gasteiger partial charge is 0.408 e. The average molecular weight is 239 g/mol. The first-order chi connectivity index (χ1) is 8.78. The van der Waals surface area contributed by atoms with Crippen LogP contribution in [0.25, 0.3) is 11.1 Å². The van der Waals surface area contributed by atoms with E-state index in [9.17, 15) is 10.1 Å². The van der Waals surface area contributed by atoms with E-state index in [-0.39, 0.29) is 5.92 Å². The van der Waals surface area contributed by atoms with E-state index >= 15 is 0 Å². The minimum Gasteiger partial charge on any atom is -0.408 e. The Bertz CT molecular complexity index is 775. The van der Waals surface area contributed by atoms with Gasteiger partial charge in [-0.25, -0.2) is 4.79 Å². The predicted octanol–water partition coefficient (Wildman–Crippen LogP) is 2.10. The van der Waals surface area contributed by atoms with Crippen molar-refractivity contribution in [1.82, 2.24) is 9.97 Å². The topological polar surface area (TPSA) is 85.6 Å². The van der Waals surface area contributed by atoms with E-state index in [4.69, 9.17) is 4.42 Å². The third-order valence-electron chi connectivity index (χ3n) is 2.86. The highest BCUT2D eigenvalue weighted by atomic mass is 16.4. The van der Waals surface area contributed by atoms with Crippen LogP contribution in [-0.2, 0) is 0 Å². The lowest BCUT2D eigenvalue weighted by molar-refractivity contribution is 0.555. The monoisotopic (exact) mass is 239 g/mol. The number of rotatable bonds is 2. The molecule has 0 saturated heterocycles. The Morgan fingerprint density at radius 3 is 2.89 bits per heavy atom.